The van der Waals surface area contributed by atoms with E-state index in [1.54, 1.807) is 16.7 Å². The highest BCUT2D eigenvalue weighted by Gasteiger charge is 2.26. The van der Waals surface area contributed by atoms with Crippen LogP contribution in [0.5, 0.6) is 0 Å². The Labute approximate surface area is 124 Å². The molecule has 0 saturated carbocycles. The summed E-state index contributed by atoms with van der Waals surface area (Å²) >= 11 is 1.57. The largest absolute Gasteiger partial charge is 0.480 e. The lowest BCUT2D eigenvalue weighted by Crippen LogP contribution is -2.51. The Morgan fingerprint density at radius 1 is 1.45 bits per heavy atom. The SMILES string of the molecule is CCOC1CCN(C(=O)N[C@H](CCSC)C(=O)O)CC1. The van der Waals surface area contributed by atoms with Crippen molar-refractivity contribution in [2.75, 3.05) is 31.7 Å². The Bertz CT molecular complexity index is 319. The minimum absolute atomic E-state index is 0.218. The maximum absolute atomic E-state index is 12.0. The smallest absolute Gasteiger partial charge is 0.326 e. The predicted octanol–water partition coefficient (Wildman–Crippen LogP) is 1.40. The Hall–Kier alpha value is -0.950. The second-order valence-corrected chi connectivity index (χ2v) is 5.75. The second kappa shape index (κ2) is 9.07. The summed E-state index contributed by atoms with van der Waals surface area (Å²) < 4.78 is 5.53. The third kappa shape index (κ3) is 5.58. The molecular weight excluding hydrogens is 280 g/mol. The van der Waals surface area contributed by atoms with Crippen LogP contribution in [0.4, 0.5) is 4.79 Å². The fourth-order valence-corrected chi connectivity index (χ4v) is 2.67. The second-order valence-electron chi connectivity index (χ2n) is 4.76. The molecule has 1 saturated heterocycles. The van der Waals surface area contributed by atoms with Crippen molar-refractivity contribution in [1.29, 1.82) is 0 Å². The van der Waals surface area contributed by atoms with E-state index in [0.717, 1.165) is 12.8 Å². The molecule has 1 rings (SSSR count). The fourth-order valence-electron chi connectivity index (χ4n) is 2.19. The molecule has 0 aromatic carbocycles. The third-order valence-electron chi connectivity index (χ3n) is 3.34. The highest BCUT2D eigenvalue weighted by Crippen LogP contribution is 2.14. The molecule has 116 valence electrons. The van der Waals surface area contributed by atoms with Gasteiger partial charge in [-0.25, -0.2) is 9.59 Å². The highest BCUT2D eigenvalue weighted by molar-refractivity contribution is 7.98. The molecule has 2 N–H and O–H groups in total. The number of amides is 2. The number of likely N-dealkylation sites (tertiary alicyclic amines) is 1. The lowest BCUT2D eigenvalue weighted by Gasteiger charge is -2.32. The molecule has 0 unspecified atom stereocenters. The molecule has 1 aliphatic heterocycles. The van der Waals surface area contributed by atoms with E-state index in [1.165, 1.54) is 0 Å². The van der Waals surface area contributed by atoms with Crippen LogP contribution in [-0.2, 0) is 9.53 Å². The number of nitrogens with one attached hydrogen (secondary N) is 1. The molecule has 1 fully saturated rings. The van der Waals surface area contributed by atoms with Crippen LogP contribution in [0.2, 0.25) is 0 Å². The summed E-state index contributed by atoms with van der Waals surface area (Å²) in [7, 11) is 0. The summed E-state index contributed by atoms with van der Waals surface area (Å²) in [5.74, 6) is -0.263. The number of piperidine rings is 1. The first-order valence-corrected chi connectivity index (χ1v) is 8.36. The van der Waals surface area contributed by atoms with E-state index in [9.17, 15) is 9.59 Å². The van der Waals surface area contributed by atoms with Crippen molar-refractivity contribution in [2.24, 2.45) is 0 Å². The molecule has 0 aromatic rings. The van der Waals surface area contributed by atoms with Gasteiger partial charge >= 0.3 is 12.0 Å². The first kappa shape index (κ1) is 17.1. The van der Waals surface area contributed by atoms with Crippen molar-refractivity contribution in [3.63, 3.8) is 0 Å². The lowest BCUT2D eigenvalue weighted by molar-refractivity contribution is -0.139. The summed E-state index contributed by atoms with van der Waals surface area (Å²) in [6, 6.07) is -1.09. The molecule has 2 amide bonds. The van der Waals surface area contributed by atoms with Crippen LogP contribution in [-0.4, -0.2) is 65.9 Å². The fraction of sp³-hybridized carbons (Fsp3) is 0.846. The van der Waals surface area contributed by atoms with Crippen LogP contribution in [0.3, 0.4) is 0 Å². The Morgan fingerprint density at radius 3 is 2.60 bits per heavy atom. The predicted molar refractivity (Wildman–Crippen MR) is 79.2 cm³/mol. The number of carboxylic acids is 1. The summed E-state index contributed by atoms with van der Waals surface area (Å²) in [4.78, 5) is 24.8. The number of carbonyl (C=O) groups is 2. The van der Waals surface area contributed by atoms with Gasteiger partial charge in [0.25, 0.3) is 0 Å². The Kier molecular flexibility index (Phi) is 7.76. The van der Waals surface area contributed by atoms with E-state index in [2.05, 4.69) is 5.32 Å². The van der Waals surface area contributed by atoms with Crippen molar-refractivity contribution < 1.29 is 19.4 Å². The number of nitrogens with zero attached hydrogens (tertiary/aromatic N) is 1. The maximum Gasteiger partial charge on any atom is 0.326 e. The van der Waals surface area contributed by atoms with Crippen molar-refractivity contribution in [3.8, 4) is 0 Å². The van der Waals surface area contributed by atoms with Crippen LogP contribution in [0.15, 0.2) is 0 Å². The molecule has 1 atom stereocenters. The van der Waals surface area contributed by atoms with Gasteiger partial charge in [-0.3, -0.25) is 0 Å². The normalized spacial score (nSPS) is 17.8. The molecule has 0 radical (unpaired) electrons. The monoisotopic (exact) mass is 304 g/mol. The Morgan fingerprint density at radius 2 is 2.10 bits per heavy atom. The number of ether oxygens (including phenoxy) is 1. The minimum atomic E-state index is -0.975. The van der Waals surface area contributed by atoms with Gasteiger partial charge in [0.15, 0.2) is 0 Å². The number of hydrogen-bond acceptors (Lipinski definition) is 4. The van der Waals surface area contributed by atoms with Gasteiger partial charge in [-0.2, -0.15) is 11.8 Å². The minimum Gasteiger partial charge on any atom is -0.480 e. The number of carbonyl (C=O) groups excluding carboxylic acids is 1. The zero-order valence-corrected chi connectivity index (χ0v) is 12.9. The zero-order valence-electron chi connectivity index (χ0n) is 12.1. The summed E-state index contributed by atoms with van der Waals surface area (Å²) in [5, 5.41) is 11.7. The van der Waals surface area contributed by atoms with Crippen molar-refractivity contribution in [2.45, 2.75) is 38.3 Å². The van der Waals surface area contributed by atoms with Crippen LogP contribution in [0.25, 0.3) is 0 Å². The number of carboxylic acid groups (broad SMARTS) is 1. The molecule has 0 aromatic heterocycles. The van der Waals surface area contributed by atoms with Crippen LogP contribution in [0, 0.1) is 0 Å². The molecule has 1 aliphatic rings. The first-order chi connectivity index (χ1) is 9.58. The lowest BCUT2D eigenvalue weighted by atomic mass is 10.1. The molecule has 6 nitrogen and oxygen atoms in total. The highest BCUT2D eigenvalue weighted by atomic mass is 32.2. The first-order valence-electron chi connectivity index (χ1n) is 6.97. The van der Waals surface area contributed by atoms with Gasteiger partial charge in [0.2, 0.25) is 0 Å². The number of rotatable bonds is 7. The number of thioether (sulfide) groups is 1. The van der Waals surface area contributed by atoms with Gasteiger partial charge in [0.05, 0.1) is 6.10 Å². The summed E-state index contributed by atoms with van der Waals surface area (Å²) in [6.07, 6.45) is 4.20. The molecule has 7 heteroatoms. The molecular formula is C13H24N2O4S. The number of urea groups is 1. The van der Waals surface area contributed by atoms with E-state index in [-0.39, 0.29) is 12.1 Å². The molecule has 0 aliphatic carbocycles. The van der Waals surface area contributed by atoms with Crippen molar-refractivity contribution >= 4 is 23.8 Å². The van der Waals surface area contributed by atoms with Gasteiger partial charge in [-0.05, 0) is 38.2 Å². The van der Waals surface area contributed by atoms with Gasteiger partial charge in [-0.15, -0.1) is 0 Å². The van der Waals surface area contributed by atoms with E-state index in [1.807, 2.05) is 13.2 Å². The van der Waals surface area contributed by atoms with Crippen molar-refractivity contribution in [1.82, 2.24) is 10.2 Å². The van der Waals surface area contributed by atoms with E-state index in [0.29, 0.717) is 31.9 Å². The molecule has 20 heavy (non-hydrogen) atoms. The van der Waals surface area contributed by atoms with E-state index < -0.39 is 12.0 Å². The quantitative estimate of drug-likeness (QED) is 0.743. The van der Waals surface area contributed by atoms with Crippen LogP contribution in [0.1, 0.15) is 26.2 Å². The average molecular weight is 304 g/mol. The number of hydrogen-bond donors (Lipinski definition) is 2. The van der Waals surface area contributed by atoms with Crippen LogP contribution >= 0.6 is 11.8 Å². The van der Waals surface area contributed by atoms with E-state index in [4.69, 9.17) is 9.84 Å². The van der Waals surface area contributed by atoms with Gasteiger partial charge < -0.3 is 20.1 Å². The van der Waals surface area contributed by atoms with Gasteiger partial charge in [-0.1, -0.05) is 0 Å². The maximum atomic E-state index is 12.0. The Balaban J connectivity index is 2.39. The van der Waals surface area contributed by atoms with Crippen LogP contribution < -0.4 is 5.32 Å². The zero-order chi connectivity index (χ0) is 15.0. The topological polar surface area (TPSA) is 78.9 Å². The molecule has 1 heterocycles. The van der Waals surface area contributed by atoms with Gasteiger partial charge in [0, 0.05) is 19.7 Å². The third-order valence-corrected chi connectivity index (χ3v) is 3.98. The molecule has 0 bridgehead atoms. The van der Waals surface area contributed by atoms with Crippen molar-refractivity contribution in [3.05, 3.63) is 0 Å². The number of aliphatic carboxylic acids is 1. The molecule has 0 spiro atoms. The van der Waals surface area contributed by atoms with Gasteiger partial charge in [0.1, 0.15) is 6.04 Å². The standard InChI is InChI=1S/C13H24N2O4S/c1-3-19-10-4-7-15(8-5-10)13(18)14-11(12(16)17)6-9-20-2/h10-11H,3-9H2,1-2H3,(H,14,18)(H,16,17)/t11-/m1/s1. The summed E-state index contributed by atoms with van der Waals surface area (Å²) in [6.45, 7) is 3.88. The average Bonchev–Trinajstić information content (AvgIpc) is 2.44. The summed E-state index contributed by atoms with van der Waals surface area (Å²) in [5.41, 5.74) is 0. The van der Waals surface area contributed by atoms with E-state index >= 15 is 0 Å².